The fourth-order valence-corrected chi connectivity index (χ4v) is 2.29. The van der Waals surface area contributed by atoms with Gasteiger partial charge in [-0.2, -0.15) is 0 Å². The van der Waals surface area contributed by atoms with Gasteiger partial charge in [0.25, 0.3) is 0 Å². The molecule has 0 heteroatoms. The zero-order valence-corrected chi connectivity index (χ0v) is 14.1. The molecule has 2 rings (SSSR count). The molecule has 0 radical (unpaired) electrons. The van der Waals surface area contributed by atoms with Crippen LogP contribution < -0.4 is 0 Å². The van der Waals surface area contributed by atoms with Crippen molar-refractivity contribution < 1.29 is 0 Å². The SMILES string of the molecule is CC(C)c1ccccc1.CCCc1ccc(CCC)cc1. The zero-order valence-electron chi connectivity index (χ0n) is 14.1. The predicted molar refractivity (Wildman–Crippen MR) is 95.0 cm³/mol. The first kappa shape index (κ1) is 17.5. The summed E-state index contributed by atoms with van der Waals surface area (Å²) in [6.45, 7) is 8.85. The number of benzene rings is 2. The molecule has 114 valence electrons. The van der Waals surface area contributed by atoms with Crippen LogP contribution >= 0.6 is 0 Å². The third kappa shape index (κ3) is 7.13. The highest BCUT2D eigenvalue weighted by molar-refractivity contribution is 5.22. The minimum atomic E-state index is 0.659. The van der Waals surface area contributed by atoms with Crippen molar-refractivity contribution in [2.24, 2.45) is 0 Å². The Morgan fingerprint density at radius 2 is 1.10 bits per heavy atom. The summed E-state index contributed by atoms with van der Waals surface area (Å²) in [6.07, 6.45) is 4.92. The zero-order chi connectivity index (χ0) is 15.5. The summed E-state index contributed by atoms with van der Waals surface area (Å²) in [5, 5.41) is 0. The first-order valence-electron chi connectivity index (χ1n) is 8.30. The van der Waals surface area contributed by atoms with Crippen LogP contribution in [0.1, 0.15) is 63.1 Å². The second-order valence-corrected chi connectivity index (χ2v) is 5.88. The van der Waals surface area contributed by atoms with Crippen molar-refractivity contribution in [2.75, 3.05) is 0 Å². The van der Waals surface area contributed by atoms with Gasteiger partial charge in [-0.1, -0.05) is 95.1 Å². The van der Waals surface area contributed by atoms with E-state index >= 15 is 0 Å². The van der Waals surface area contributed by atoms with Crippen LogP contribution in [0.4, 0.5) is 0 Å². The fourth-order valence-electron chi connectivity index (χ4n) is 2.29. The van der Waals surface area contributed by atoms with Crippen LogP contribution in [-0.4, -0.2) is 0 Å². The molecular weight excluding hydrogens is 252 g/mol. The van der Waals surface area contributed by atoms with Crippen molar-refractivity contribution >= 4 is 0 Å². The van der Waals surface area contributed by atoms with E-state index < -0.39 is 0 Å². The van der Waals surface area contributed by atoms with Gasteiger partial charge in [0, 0.05) is 0 Å². The van der Waals surface area contributed by atoms with Gasteiger partial charge in [-0.25, -0.2) is 0 Å². The lowest BCUT2D eigenvalue weighted by molar-refractivity contribution is 0.867. The Bertz CT molecular complexity index is 440. The highest BCUT2D eigenvalue weighted by Crippen LogP contribution is 2.11. The Kier molecular flexibility index (Phi) is 8.50. The van der Waals surface area contributed by atoms with Crippen LogP contribution in [0.5, 0.6) is 0 Å². The van der Waals surface area contributed by atoms with Gasteiger partial charge in [0.05, 0.1) is 0 Å². The van der Waals surface area contributed by atoms with E-state index in [2.05, 4.69) is 76.2 Å². The van der Waals surface area contributed by atoms with Crippen molar-refractivity contribution in [1.29, 1.82) is 0 Å². The van der Waals surface area contributed by atoms with Crippen molar-refractivity contribution in [3.05, 3.63) is 71.3 Å². The molecule has 0 aliphatic carbocycles. The minimum absolute atomic E-state index is 0.659. The highest BCUT2D eigenvalue weighted by atomic mass is 14.0. The lowest BCUT2D eigenvalue weighted by atomic mass is 10.0. The van der Waals surface area contributed by atoms with Gasteiger partial charge in [0.15, 0.2) is 0 Å². The molecule has 0 aliphatic heterocycles. The molecular formula is C21H30. The molecule has 0 aliphatic rings. The molecule has 0 nitrogen and oxygen atoms in total. The lowest BCUT2D eigenvalue weighted by Gasteiger charge is -2.01. The minimum Gasteiger partial charge on any atom is -0.0651 e. The summed E-state index contributed by atoms with van der Waals surface area (Å²) < 4.78 is 0. The first-order valence-corrected chi connectivity index (χ1v) is 8.30. The molecule has 0 N–H and O–H groups in total. The molecule has 0 saturated carbocycles. The Morgan fingerprint density at radius 1 is 0.667 bits per heavy atom. The Balaban J connectivity index is 0.000000219. The van der Waals surface area contributed by atoms with Crippen LogP contribution in [0.3, 0.4) is 0 Å². The fraction of sp³-hybridized carbons (Fsp3) is 0.429. The molecule has 0 unspecified atom stereocenters. The summed E-state index contributed by atoms with van der Waals surface area (Å²) in [5.41, 5.74) is 4.35. The van der Waals surface area contributed by atoms with Crippen molar-refractivity contribution in [3.8, 4) is 0 Å². The van der Waals surface area contributed by atoms with E-state index in [1.165, 1.54) is 42.4 Å². The maximum absolute atomic E-state index is 2.26. The van der Waals surface area contributed by atoms with E-state index in [1.807, 2.05) is 6.07 Å². The Hall–Kier alpha value is -1.56. The molecule has 0 heterocycles. The van der Waals surface area contributed by atoms with Crippen molar-refractivity contribution in [2.45, 2.75) is 59.3 Å². The Morgan fingerprint density at radius 3 is 1.38 bits per heavy atom. The van der Waals surface area contributed by atoms with Crippen LogP contribution in [0, 0.1) is 0 Å². The van der Waals surface area contributed by atoms with Crippen LogP contribution in [-0.2, 0) is 12.8 Å². The van der Waals surface area contributed by atoms with E-state index in [0.717, 1.165) is 0 Å². The van der Waals surface area contributed by atoms with Gasteiger partial charge in [0.2, 0.25) is 0 Å². The summed E-state index contributed by atoms with van der Waals surface area (Å²) in [6, 6.07) is 19.6. The second kappa shape index (κ2) is 10.2. The van der Waals surface area contributed by atoms with E-state index in [9.17, 15) is 0 Å². The molecule has 0 fully saturated rings. The van der Waals surface area contributed by atoms with Gasteiger partial charge in [-0.3, -0.25) is 0 Å². The molecule has 0 aromatic heterocycles. The predicted octanol–water partition coefficient (Wildman–Crippen LogP) is 6.40. The molecule has 0 saturated heterocycles. The number of rotatable bonds is 5. The maximum Gasteiger partial charge on any atom is -0.0219 e. The van der Waals surface area contributed by atoms with Crippen LogP contribution in [0.15, 0.2) is 54.6 Å². The topological polar surface area (TPSA) is 0 Å². The Labute approximate surface area is 131 Å². The third-order valence-electron chi connectivity index (χ3n) is 3.57. The lowest BCUT2D eigenvalue weighted by Crippen LogP contribution is -1.85. The number of hydrogen-bond donors (Lipinski definition) is 0. The van der Waals surface area contributed by atoms with Crippen molar-refractivity contribution in [1.82, 2.24) is 0 Å². The van der Waals surface area contributed by atoms with E-state index in [4.69, 9.17) is 0 Å². The van der Waals surface area contributed by atoms with Crippen molar-refractivity contribution in [3.63, 3.8) is 0 Å². The smallest absolute Gasteiger partial charge is 0.0219 e. The normalized spacial score (nSPS) is 10.1. The van der Waals surface area contributed by atoms with Gasteiger partial charge in [0.1, 0.15) is 0 Å². The number of hydrogen-bond acceptors (Lipinski definition) is 0. The van der Waals surface area contributed by atoms with E-state index in [1.54, 1.807) is 0 Å². The van der Waals surface area contributed by atoms with Gasteiger partial charge >= 0.3 is 0 Å². The first-order chi connectivity index (χ1) is 10.2. The molecule has 0 atom stereocenters. The van der Waals surface area contributed by atoms with E-state index in [-0.39, 0.29) is 0 Å². The van der Waals surface area contributed by atoms with Crippen LogP contribution in [0.2, 0.25) is 0 Å². The summed E-state index contributed by atoms with van der Waals surface area (Å²) in [4.78, 5) is 0. The maximum atomic E-state index is 2.26. The van der Waals surface area contributed by atoms with Gasteiger partial charge in [-0.05, 0) is 35.4 Å². The molecule has 2 aromatic carbocycles. The standard InChI is InChI=1S/C12H18.C9H12/c1-3-5-11-7-9-12(6-4-2)10-8-11;1-8(2)9-6-4-3-5-7-9/h7-10H,3-6H2,1-2H3;3-8H,1-2H3. The third-order valence-corrected chi connectivity index (χ3v) is 3.57. The second-order valence-electron chi connectivity index (χ2n) is 5.88. The van der Waals surface area contributed by atoms with Crippen LogP contribution in [0.25, 0.3) is 0 Å². The summed E-state index contributed by atoms with van der Waals surface area (Å²) in [5.74, 6) is 0.659. The van der Waals surface area contributed by atoms with Gasteiger partial charge < -0.3 is 0 Å². The largest absolute Gasteiger partial charge is 0.0651 e. The molecule has 21 heavy (non-hydrogen) atoms. The summed E-state index contributed by atoms with van der Waals surface area (Å²) in [7, 11) is 0. The summed E-state index contributed by atoms with van der Waals surface area (Å²) >= 11 is 0. The number of aryl methyl sites for hydroxylation is 2. The quantitative estimate of drug-likeness (QED) is 0.595. The monoisotopic (exact) mass is 282 g/mol. The molecule has 2 aromatic rings. The average Bonchev–Trinajstić information content (AvgIpc) is 2.51. The van der Waals surface area contributed by atoms with Gasteiger partial charge in [-0.15, -0.1) is 0 Å². The highest BCUT2D eigenvalue weighted by Gasteiger charge is 1.93. The molecule has 0 amide bonds. The van der Waals surface area contributed by atoms with E-state index in [0.29, 0.717) is 5.92 Å². The molecule has 0 spiro atoms. The molecule has 0 bridgehead atoms. The average molecular weight is 282 g/mol.